The van der Waals surface area contributed by atoms with Crippen molar-refractivity contribution in [3.05, 3.63) is 42.5 Å². The average molecular weight is 249 g/mol. The number of hydrogen-bond donors (Lipinski definition) is 4. The summed E-state index contributed by atoms with van der Waals surface area (Å²) in [5.74, 6) is -2.00. The van der Waals surface area contributed by atoms with Gasteiger partial charge in [0.15, 0.2) is 0 Å². The minimum absolute atomic E-state index is 0.560. The minimum Gasteiger partial charge on any atom is -0.478 e. The summed E-state index contributed by atoms with van der Waals surface area (Å²) in [6, 6.07) is 7.98. The quantitative estimate of drug-likeness (QED) is 0.461. The van der Waals surface area contributed by atoms with E-state index in [2.05, 4.69) is 10.7 Å². The predicted molar refractivity (Wildman–Crippen MR) is 63.5 cm³/mol. The zero-order valence-electron chi connectivity index (χ0n) is 9.21. The first-order valence-electron chi connectivity index (χ1n) is 4.91. The first kappa shape index (κ1) is 13.2. The Bertz CT molecular complexity index is 470. The fourth-order valence-corrected chi connectivity index (χ4v) is 0.991. The molecule has 0 aromatic heterocycles. The molecule has 1 aromatic rings. The Balaban J connectivity index is 2.34. The van der Waals surface area contributed by atoms with E-state index in [9.17, 15) is 14.4 Å². The Labute approximate surface area is 102 Å². The number of urea groups is 1. The molecule has 1 aromatic carbocycles. The van der Waals surface area contributed by atoms with Crippen molar-refractivity contribution in [3.8, 4) is 0 Å². The highest BCUT2D eigenvalue weighted by molar-refractivity contribution is 5.96. The molecule has 0 atom stereocenters. The maximum absolute atomic E-state index is 11.3. The molecule has 0 aliphatic heterocycles. The number of amides is 3. The number of carboxylic acids is 1. The molecular formula is C11H11N3O4. The van der Waals surface area contributed by atoms with Gasteiger partial charge in [0.1, 0.15) is 0 Å². The standard InChI is InChI=1S/C11H11N3O4/c15-9(6-7-10(16)17)13-14-11(18)12-8-4-2-1-3-5-8/h1-7H,(H,13,15)(H,16,17)(H2,12,14,18). The van der Waals surface area contributed by atoms with Gasteiger partial charge in [-0.15, -0.1) is 0 Å². The van der Waals surface area contributed by atoms with Gasteiger partial charge in [0.25, 0.3) is 5.91 Å². The minimum atomic E-state index is -1.25. The summed E-state index contributed by atoms with van der Waals surface area (Å²) in [5, 5.41) is 10.7. The summed E-state index contributed by atoms with van der Waals surface area (Å²) in [5.41, 5.74) is 4.63. The van der Waals surface area contributed by atoms with Crippen LogP contribution in [0.5, 0.6) is 0 Å². The predicted octanol–water partition coefficient (Wildman–Crippen LogP) is 0.480. The van der Waals surface area contributed by atoms with Crippen LogP contribution in [0, 0.1) is 0 Å². The van der Waals surface area contributed by atoms with E-state index in [1.807, 2.05) is 5.43 Å². The Hall–Kier alpha value is -2.83. The number of hydrogen-bond acceptors (Lipinski definition) is 3. The molecule has 7 nitrogen and oxygen atoms in total. The summed E-state index contributed by atoms with van der Waals surface area (Å²) in [6.45, 7) is 0. The molecule has 0 unspecified atom stereocenters. The first-order valence-corrected chi connectivity index (χ1v) is 4.91. The van der Waals surface area contributed by atoms with Gasteiger partial charge in [-0.3, -0.25) is 10.2 Å². The van der Waals surface area contributed by atoms with Crippen LogP contribution in [0.25, 0.3) is 0 Å². The van der Waals surface area contributed by atoms with E-state index in [1.165, 1.54) is 0 Å². The smallest absolute Gasteiger partial charge is 0.337 e. The van der Waals surface area contributed by atoms with Crippen LogP contribution in [0.3, 0.4) is 0 Å². The molecule has 0 heterocycles. The van der Waals surface area contributed by atoms with Crippen molar-refractivity contribution in [1.29, 1.82) is 0 Å². The summed E-state index contributed by atoms with van der Waals surface area (Å²) >= 11 is 0. The van der Waals surface area contributed by atoms with Gasteiger partial charge in [0.05, 0.1) is 0 Å². The van der Waals surface area contributed by atoms with Crippen LogP contribution in [0.2, 0.25) is 0 Å². The van der Waals surface area contributed by atoms with Crippen LogP contribution in [0.4, 0.5) is 10.5 Å². The molecule has 4 N–H and O–H groups in total. The van der Waals surface area contributed by atoms with Crippen LogP contribution in [-0.4, -0.2) is 23.0 Å². The number of carbonyl (C=O) groups excluding carboxylic acids is 2. The van der Waals surface area contributed by atoms with Gasteiger partial charge < -0.3 is 10.4 Å². The summed E-state index contributed by atoms with van der Waals surface area (Å²) in [6.07, 6.45) is 1.44. The lowest BCUT2D eigenvalue weighted by Crippen LogP contribution is -2.43. The summed E-state index contributed by atoms with van der Waals surface area (Å²) < 4.78 is 0. The lowest BCUT2D eigenvalue weighted by Gasteiger charge is -2.07. The Kier molecular flexibility index (Phi) is 4.92. The molecule has 0 bridgehead atoms. The van der Waals surface area contributed by atoms with E-state index in [1.54, 1.807) is 30.3 Å². The molecule has 0 radical (unpaired) electrons. The first-order chi connectivity index (χ1) is 8.58. The van der Waals surface area contributed by atoms with Crippen molar-refractivity contribution < 1.29 is 19.5 Å². The highest BCUT2D eigenvalue weighted by Crippen LogP contribution is 2.03. The van der Waals surface area contributed by atoms with Gasteiger partial charge in [-0.2, -0.15) is 0 Å². The van der Waals surface area contributed by atoms with E-state index < -0.39 is 17.9 Å². The van der Waals surface area contributed by atoms with Crippen molar-refractivity contribution in [3.63, 3.8) is 0 Å². The Morgan fingerprint density at radius 2 is 1.67 bits per heavy atom. The second-order valence-corrected chi connectivity index (χ2v) is 3.11. The number of aliphatic carboxylic acids is 1. The van der Waals surface area contributed by atoms with Crippen molar-refractivity contribution in [2.75, 3.05) is 5.32 Å². The normalized spacial score (nSPS) is 9.78. The molecule has 18 heavy (non-hydrogen) atoms. The monoisotopic (exact) mass is 249 g/mol. The number of carbonyl (C=O) groups is 3. The molecule has 0 saturated carbocycles. The van der Waals surface area contributed by atoms with Crippen LogP contribution in [0.1, 0.15) is 0 Å². The number of hydrazine groups is 1. The Morgan fingerprint density at radius 1 is 1.00 bits per heavy atom. The molecule has 0 spiro atoms. The van der Waals surface area contributed by atoms with E-state index in [4.69, 9.17) is 5.11 Å². The lowest BCUT2D eigenvalue weighted by atomic mass is 10.3. The van der Waals surface area contributed by atoms with Gasteiger partial charge >= 0.3 is 12.0 Å². The van der Waals surface area contributed by atoms with Crippen LogP contribution < -0.4 is 16.2 Å². The SMILES string of the molecule is O=C(O)C=CC(=O)NNC(=O)Nc1ccccc1. The van der Waals surface area contributed by atoms with E-state index in [0.29, 0.717) is 11.8 Å². The topological polar surface area (TPSA) is 108 Å². The summed E-state index contributed by atoms with van der Waals surface area (Å²) in [7, 11) is 0. The van der Waals surface area contributed by atoms with Gasteiger partial charge in [-0.05, 0) is 12.1 Å². The third-order valence-electron chi connectivity index (χ3n) is 1.71. The zero-order chi connectivity index (χ0) is 13.4. The number of benzene rings is 1. The molecule has 94 valence electrons. The highest BCUT2D eigenvalue weighted by Gasteiger charge is 2.02. The van der Waals surface area contributed by atoms with Gasteiger partial charge in [-0.25, -0.2) is 15.0 Å². The molecule has 0 saturated heterocycles. The third-order valence-corrected chi connectivity index (χ3v) is 1.71. The number of nitrogens with one attached hydrogen (secondary N) is 3. The molecule has 1 rings (SSSR count). The Morgan fingerprint density at radius 3 is 2.28 bits per heavy atom. The van der Waals surface area contributed by atoms with Crippen molar-refractivity contribution in [2.24, 2.45) is 0 Å². The second-order valence-electron chi connectivity index (χ2n) is 3.11. The number of carboxylic acid groups (broad SMARTS) is 1. The maximum atomic E-state index is 11.3. The van der Waals surface area contributed by atoms with Crippen molar-refractivity contribution in [2.45, 2.75) is 0 Å². The highest BCUT2D eigenvalue weighted by atomic mass is 16.4. The lowest BCUT2D eigenvalue weighted by molar-refractivity contribution is -0.131. The fraction of sp³-hybridized carbons (Fsp3) is 0. The van der Waals surface area contributed by atoms with Crippen LogP contribution >= 0.6 is 0 Å². The van der Waals surface area contributed by atoms with Crippen LogP contribution in [-0.2, 0) is 9.59 Å². The maximum Gasteiger partial charge on any atom is 0.337 e. The van der Waals surface area contributed by atoms with Gasteiger partial charge in [-0.1, -0.05) is 18.2 Å². The number of anilines is 1. The van der Waals surface area contributed by atoms with E-state index in [0.717, 1.165) is 6.08 Å². The molecule has 7 heteroatoms. The third kappa shape index (κ3) is 5.31. The average Bonchev–Trinajstić information content (AvgIpc) is 2.35. The van der Waals surface area contributed by atoms with Gasteiger partial charge in [0, 0.05) is 17.8 Å². The largest absolute Gasteiger partial charge is 0.478 e. The van der Waals surface area contributed by atoms with Gasteiger partial charge in [0.2, 0.25) is 0 Å². The molecule has 0 aliphatic rings. The zero-order valence-corrected chi connectivity index (χ0v) is 9.21. The van der Waals surface area contributed by atoms with E-state index >= 15 is 0 Å². The van der Waals surface area contributed by atoms with E-state index in [-0.39, 0.29) is 0 Å². The van der Waals surface area contributed by atoms with Crippen molar-refractivity contribution >= 4 is 23.6 Å². The summed E-state index contributed by atoms with van der Waals surface area (Å²) in [4.78, 5) is 32.4. The molecule has 0 fully saturated rings. The molecule has 0 aliphatic carbocycles. The number of rotatable bonds is 3. The molecule has 3 amide bonds. The fourth-order valence-electron chi connectivity index (χ4n) is 0.991. The molecular weight excluding hydrogens is 238 g/mol. The van der Waals surface area contributed by atoms with Crippen LogP contribution in [0.15, 0.2) is 42.5 Å². The second kappa shape index (κ2) is 6.69. The van der Waals surface area contributed by atoms with Crippen molar-refractivity contribution in [1.82, 2.24) is 10.9 Å². The number of para-hydroxylation sites is 1.